The van der Waals surface area contributed by atoms with Gasteiger partial charge in [0, 0.05) is 6.42 Å². The van der Waals surface area contributed by atoms with Crippen molar-refractivity contribution < 1.29 is 9.18 Å². The number of benzene rings is 2. The highest BCUT2D eigenvalue weighted by Gasteiger charge is 2.33. The number of ketones is 1. The summed E-state index contributed by atoms with van der Waals surface area (Å²) in [6, 6.07) is 16.6. The molecule has 1 atom stereocenters. The summed E-state index contributed by atoms with van der Waals surface area (Å²) in [6.07, 6.45) is 1.82. The number of halogens is 1. The average molecular weight is 334 g/mol. The first-order valence-corrected chi connectivity index (χ1v) is 8.62. The number of aryl methyl sites for hydroxylation is 1. The van der Waals surface area contributed by atoms with E-state index in [1.807, 2.05) is 37.3 Å². The number of fused-ring (bicyclic) bond motifs is 1. The SMILES string of the molecule is CCc1nn(-c2ccccc2F)c2c1C(=O)CC(c1ccccc1)C2. The van der Waals surface area contributed by atoms with Gasteiger partial charge in [-0.15, -0.1) is 0 Å². The number of carbonyl (C=O) groups is 1. The summed E-state index contributed by atoms with van der Waals surface area (Å²) >= 11 is 0. The second-order valence-electron chi connectivity index (χ2n) is 6.42. The van der Waals surface area contributed by atoms with Crippen molar-refractivity contribution in [1.82, 2.24) is 9.78 Å². The minimum atomic E-state index is -0.329. The molecule has 1 heterocycles. The molecule has 4 rings (SSSR count). The van der Waals surface area contributed by atoms with Gasteiger partial charge in [-0.25, -0.2) is 9.07 Å². The Morgan fingerprint density at radius 2 is 1.80 bits per heavy atom. The summed E-state index contributed by atoms with van der Waals surface area (Å²) in [4.78, 5) is 12.8. The number of carbonyl (C=O) groups excluding carboxylic acids is 1. The molecule has 0 saturated carbocycles. The minimum Gasteiger partial charge on any atom is -0.294 e. The number of nitrogens with zero attached hydrogens (tertiary/aromatic N) is 2. The Morgan fingerprint density at radius 1 is 1.08 bits per heavy atom. The van der Waals surface area contributed by atoms with E-state index in [9.17, 15) is 9.18 Å². The van der Waals surface area contributed by atoms with Crippen LogP contribution in [0.3, 0.4) is 0 Å². The summed E-state index contributed by atoms with van der Waals surface area (Å²) in [5.41, 5.74) is 3.82. The van der Waals surface area contributed by atoms with Crippen molar-refractivity contribution in [2.24, 2.45) is 0 Å². The fourth-order valence-corrected chi connectivity index (χ4v) is 3.68. The molecule has 1 aliphatic rings. The van der Waals surface area contributed by atoms with Crippen LogP contribution >= 0.6 is 0 Å². The molecule has 0 radical (unpaired) electrons. The van der Waals surface area contributed by atoms with Crippen LogP contribution in [0.15, 0.2) is 54.6 Å². The molecule has 1 aliphatic carbocycles. The van der Waals surface area contributed by atoms with E-state index in [0.29, 0.717) is 30.5 Å². The molecule has 0 bridgehead atoms. The van der Waals surface area contributed by atoms with E-state index in [1.165, 1.54) is 6.07 Å². The molecule has 0 spiro atoms. The molecule has 3 aromatic rings. The van der Waals surface area contributed by atoms with E-state index in [4.69, 9.17) is 0 Å². The van der Waals surface area contributed by atoms with E-state index in [0.717, 1.165) is 17.0 Å². The normalized spacial score (nSPS) is 16.7. The molecular formula is C21H19FN2O. The highest BCUT2D eigenvalue weighted by molar-refractivity contribution is 6.00. The lowest BCUT2D eigenvalue weighted by Crippen LogP contribution is -2.21. The first-order valence-electron chi connectivity index (χ1n) is 8.62. The van der Waals surface area contributed by atoms with Crippen LogP contribution in [-0.2, 0) is 12.8 Å². The van der Waals surface area contributed by atoms with Gasteiger partial charge in [0.25, 0.3) is 0 Å². The minimum absolute atomic E-state index is 0.105. The highest BCUT2D eigenvalue weighted by atomic mass is 19.1. The monoisotopic (exact) mass is 334 g/mol. The fourth-order valence-electron chi connectivity index (χ4n) is 3.68. The van der Waals surface area contributed by atoms with Gasteiger partial charge in [-0.2, -0.15) is 5.10 Å². The third-order valence-electron chi connectivity index (χ3n) is 4.89. The number of aromatic nitrogens is 2. The number of hydrogen-bond donors (Lipinski definition) is 0. The molecule has 3 nitrogen and oxygen atoms in total. The number of para-hydroxylation sites is 1. The Balaban J connectivity index is 1.85. The smallest absolute Gasteiger partial charge is 0.167 e. The van der Waals surface area contributed by atoms with Gasteiger partial charge in [0.2, 0.25) is 0 Å². The molecule has 0 aliphatic heterocycles. The van der Waals surface area contributed by atoms with Gasteiger partial charge in [0.05, 0.1) is 17.0 Å². The predicted molar refractivity (Wildman–Crippen MR) is 94.7 cm³/mol. The average Bonchev–Trinajstić information content (AvgIpc) is 3.02. The maximum atomic E-state index is 14.3. The Morgan fingerprint density at radius 3 is 2.52 bits per heavy atom. The van der Waals surface area contributed by atoms with Crippen LogP contribution in [0.1, 0.15) is 46.6 Å². The molecule has 0 fully saturated rings. The summed E-state index contributed by atoms with van der Waals surface area (Å²) in [5, 5.41) is 4.58. The molecule has 0 N–H and O–H groups in total. The van der Waals surface area contributed by atoms with Gasteiger partial charge >= 0.3 is 0 Å². The number of rotatable bonds is 3. The lowest BCUT2D eigenvalue weighted by molar-refractivity contribution is 0.0963. The van der Waals surface area contributed by atoms with E-state index in [1.54, 1.807) is 22.9 Å². The van der Waals surface area contributed by atoms with Gasteiger partial charge in [-0.05, 0) is 36.5 Å². The fraction of sp³-hybridized carbons (Fsp3) is 0.238. The standard InChI is InChI=1S/C21H19FN2O/c1-2-17-21-19(24(23-17)18-11-7-6-10-16(18)22)12-15(13-20(21)25)14-8-4-3-5-9-14/h3-11,15H,2,12-13H2,1H3. The maximum absolute atomic E-state index is 14.3. The van der Waals surface area contributed by atoms with Crippen LogP contribution in [0.25, 0.3) is 5.69 Å². The zero-order valence-corrected chi connectivity index (χ0v) is 14.1. The summed E-state index contributed by atoms with van der Waals surface area (Å²) in [6.45, 7) is 1.98. The van der Waals surface area contributed by atoms with E-state index < -0.39 is 0 Å². The Kier molecular flexibility index (Phi) is 3.96. The molecule has 25 heavy (non-hydrogen) atoms. The van der Waals surface area contributed by atoms with Gasteiger partial charge in [0.15, 0.2) is 5.78 Å². The lowest BCUT2D eigenvalue weighted by Gasteiger charge is -2.23. The van der Waals surface area contributed by atoms with Gasteiger partial charge in [0.1, 0.15) is 11.5 Å². The maximum Gasteiger partial charge on any atom is 0.167 e. The van der Waals surface area contributed by atoms with Crippen LogP contribution < -0.4 is 0 Å². The topological polar surface area (TPSA) is 34.9 Å². The third kappa shape index (κ3) is 2.68. The molecule has 4 heteroatoms. The molecule has 0 saturated heterocycles. The first-order chi connectivity index (χ1) is 12.2. The summed E-state index contributed by atoms with van der Waals surface area (Å²) in [5.74, 6) is -0.118. The van der Waals surface area contributed by atoms with Crippen molar-refractivity contribution in [2.45, 2.75) is 32.1 Å². The summed E-state index contributed by atoms with van der Waals surface area (Å²) in [7, 11) is 0. The van der Waals surface area contributed by atoms with Gasteiger partial charge < -0.3 is 0 Å². The third-order valence-corrected chi connectivity index (χ3v) is 4.89. The number of Topliss-reactive ketones (excluding diaryl/α,β-unsaturated/α-hetero) is 1. The zero-order chi connectivity index (χ0) is 17.4. The van der Waals surface area contributed by atoms with E-state index >= 15 is 0 Å². The Hall–Kier alpha value is -2.75. The quantitative estimate of drug-likeness (QED) is 0.707. The van der Waals surface area contributed by atoms with Crippen molar-refractivity contribution in [3.8, 4) is 5.69 Å². The first kappa shape index (κ1) is 15.8. The molecule has 0 amide bonds. The van der Waals surface area contributed by atoms with E-state index in [-0.39, 0.29) is 17.5 Å². The molecule has 1 aromatic heterocycles. The Bertz CT molecular complexity index is 930. The van der Waals surface area contributed by atoms with Crippen molar-refractivity contribution in [3.63, 3.8) is 0 Å². The largest absolute Gasteiger partial charge is 0.294 e. The number of hydrogen-bond acceptors (Lipinski definition) is 2. The molecule has 126 valence electrons. The molecule has 2 aromatic carbocycles. The van der Waals surface area contributed by atoms with Crippen molar-refractivity contribution in [2.75, 3.05) is 0 Å². The van der Waals surface area contributed by atoms with E-state index in [2.05, 4.69) is 5.10 Å². The van der Waals surface area contributed by atoms with Crippen LogP contribution in [0, 0.1) is 5.82 Å². The van der Waals surface area contributed by atoms with Gasteiger partial charge in [-0.1, -0.05) is 49.4 Å². The van der Waals surface area contributed by atoms with Crippen molar-refractivity contribution >= 4 is 5.78 Å². The Labute approximate surface area is 146 Å². The van der Waals surface area contributed by atoms with Gasteiger partial charge in [-0.3, -0.25) is 4.79 Å². The second kappa shape index (κ2) is 6.28. The van der Waals surface area contributed by atoms with Crippen molar-refractivity contribution in [1.29, 1.82) is 0 Å². The van der Waals surface area contributed by atoms with Crippen LogP contribution in [0.5, 0.6) is 0 Å². The van der Waals surface area contributed by atoms with Crippen molar-refractivity contribution in [3.05, 3.63) is 82.9 Å². The lowest BCUT2D eigenvalue weighted by atomic mass is 9.81. The summed E-state index contributed by atoms with van der Waals surface area (Å²) < 4.78 is 16.0. The zero-order valence-electron chi connectivity index (χ0n) is 14.1. The molecule has 1 unspecified atom stereocenters. The van der Waals surface area contributed by atoms with Crippen LogP contribution in [-0.4, -0.2) is 15.6 Å². The van der Waals surface area contributed by atoms with Crippen LogP contribution in [0.2, 0.25) is 0 Å². The van der Waals surface area contributed by atoms with Crippen LogP contribution in [0.4, 0.5) is 4.39 Å². The second-order valence-corrected chi connectivity index (χ2v) is 6.42. The predicted octanol–water partition coefficient (Wildman–Crippen LogP) is 4.49. The molecular weight excluding hydrogens is 315 g/mol. The highest BCUT2D eigenvalue weighted by Crippen LogP contribution is 2.35.